The summed E-state index contributed by atoms with van der Waals surface area (Å²) in [7, 11) is 0. The molecule has 0 amide bonds. The van der Waals surface area contributed by atoms with Crippen molar-refractivity contribution in [3.05, 3.63) is 57.6 Å². The van der Waals surface area contributed by atoms with E-state index in [0.717, 1.165) is 11.6 Å². The monoisotopic (exact) mass is 326 g/mol. The summed E-state index contributed by atoms with van der Waals surface area (Å²) in [4.78, 5) is 10.9. The van der Waals surface area contributed by atoms with Gasteiger partial charge in [0, 0.05) is 4.47 Å². The Morgan fingerprint density at radius 3 is 2.58 bits per heavy atom. The highest BCUT2D eigenvalue weighted by molar-refractivity contribution is 9.10. The Hall–Kier alpha value is -1.75. The van der Waals surface area contributed by atoms with Crippen molar-refractivity contribution >= 4 is 22.2 Å². The highest BCUT2D eigenvalue weighted by atomic mass is 79.9. The lowest BCUT2D eigenvalue weighted by molar-refractivity contribution is 0.112. The van der Waals surface area contributed by atoms with Crippen molar-refractivity contribution in [3.63, 3.8) is 0 Å². The third kappa shape index (κ3) is 2.98. The molecule has 0 saturated carbocycles. The second-order valence-corrected chi connectivity index (χ2v) is 4.88. The van der Waals surface area contributed by atoms with Gasteiger partial charge in [-0.1, -0.05) is 27.6 Å². The number of hydrogen-bond acceptors (Lipinski definition) is 2. The van der Waals surface area contributed by atoms with E-state index in [4.69, 9.17) is 4.74 Å². The van der Waals surface area contributed by atoms with Gasteiger partial charge in [-0.2, -0.15) is 4.39 Å². The Morgan fingerprint density at radius 1 is 1.16 bits per heavy atom. The van der Waals surface area contributed by atoms with Crippen LogP contribution in [-0.4, -0.2) is 6.29 Å². The first-order valence-electron chi connectivity index (χ1n) is 5.39. The van der Waals surface area contributed by atoms with Crippen LogP contribution in [0.1, 0.15) is 15.9 Å². The van der Waals surface area contributed by atoms with Crippen LogP contribution >= 0.6 is 15.9 Å². The molecule has 0 unspecified atom stereocenters. The molecule has 0 radical (unpaired) electrons. The first-order chi connectivity index (χ1) is 9.01. The maximum Gasteiger partial charge on any atom is 0.201 e. The smallest absolute Gasteiger partial charge is 0.201 e. The number of aryl methyl sites for hydroxylation is 1. The summed E-state index contributed by atoms with van der Waals surface area (Å²) < 4.78 is 32.4. The zero-order valence-corrected chi connectivity index (χ0v) is 11.5. The van der Waals surface area contributed by atoms with Gasteiger partial charge in [-0.15, -0.1) is 0 Å². The topological polar surface area (TPSA) is 26.3 Å². The SMILES string of the molecule is Cc1ccc(Oc2cc(Br)cc(F)c2F)c(C=O)c1. The van der Waals surface area contributed by atoms with E-state index in [1.807, 2.05) is 6.92 Å². The lowest BCUT2D eigenvalue weighted by Crippen LogP contribution is -1.95. The van der Waals surface area contributed by atoms with Crippen molar-refractivity contribution < 1.29 is 18.3 Å². The predicted molar refractivity (Wildman–Crippen MR) is 70.7 cm³/mol. The predicted octanol–water partition coefficient (Wildman–Crippen LogP) is 4.64. The molecule has 0 spiro atoms. The van der Waals surface area contributed by atoms with Gasteiger partial charge in [0.05, 0.1) is 5.56 Å². The summed E-state index contributed by atoms with van der Waals surface area (Å²) in [5.41, 5.74) is 1.15. The minimum atomic E-state index is -1.10. The van der Waals surface area contributed by atoms with E-state index in [9.17, 15) is 13.6 Å². The molecule has 0 aliphatic rings. The molecule has 0 aliphatic carbocycles. The van der Waals surface area contributed by atoms with Crippen LogP contribution in [0, 0.1) is 18.6 Å². The maximum atomic E-state index is 13.6. The van der Waals surface area contributed by atoms with E-state index in [1.165, 1.54) is 12.1 Å². The molecule has 2 nitrogen and oxygen atoms in total. The van der Waals surface area contributed by atoms with Crippen molar-refractivity contribution in [2.45, 2.75) is 6.92 Å². The van der Waals surface area contributed by atoms with Crippen LogP contribution in [0.2, 0.25) is 0 Å². The summed E-state index contributed by atoms with van der Waals surface area (Å²) in [6.45, 7) is 1.82. The van der Waals surface area contributed by atoms with Crippen molar-refractivity contribution in [2.75, 3.05) is 0 Å². The van der Waals surface area contributed by atoms with Crippen LogP contribution in [0.5, 0.6) is 11.5 Å². The summed E-state index contributed by atoms with van der Waals surface area (Å²) in [6.07, 6.45) is 0.606. The molecule has 0 N–H and O–H groups in total. The number of carbonyl (C=O) groups excluding carboxylic acids is 1. The van der Waals surface area contributed by atoms with Gasteiger partial charge in [-0.3, -0.25) is 4.79 Å². The molecule has 2 aromatic rings. The van der Waals surface area contributed by atoms with Crippen LogP contribution in [-0.2, 0) is 0 Å². The molecule has 19 heavy (non-hydrogen) atoms. The lowest BCUT2D eigenvalue weighted by atomic mass is 10.1. The summed E-state index contributed by atoms with van der Waals surface area (Å²) in [6, 6.07) is 7.16. The van der Waals surface area contributed by atoms with Crippen LogP contribution in [0.15, 0.2) is 34.8 Å². The Kier molecular flexibility index (Phi) is 3.95. The fraction of sp³-hybridized carbons (Fsp3) is 0.0714. The number of carbonyl (C=O) groups is 1. The number of rotatable bonds is 3. The normalized spacial score (nSPS) is 10.3. The molecule has 0 saturated heterocycles. The summed E-state index contributed by atoms with van der Waals surface area (Å²) in [5.74, 6) is -2.22. The van der Waals surface area contributed by atoms with E-state index in [1.54, 1.807) is 12.1 Å². The first kappa shape index (κ1) is 13.7. The van der Waals surface area contributed by atoms with Gasteiger partial charge in [0.25, 0.3) is 0 Å². The molecule has 0 aliphatic heterocycles. The zero-order chi connectivity index (χ0) is 14.0. The molecular formula is C14H9BrF2O2. The average Bonchev–Trinajstić information content (AvgIpc) is 2.37. The Labute approximate surface area is 117 Å². The second-order valence-electron chi connectivity index (χ2n) is 3.96. The fourth-order valence-electron chi connectivity index (χ4n) is 1.58. The molecule has 2 aromatic carbocycles. The van der Waals surface area contributed by atoms with Gasteiger partial charge >= 0.3 is 0 Å². The van der Waals surface area contributed by atoms with Gasteiger partial charge in [0.1, 0.15) is 5.75 Å². The van der Waals surface area contributed by atoms with E-state index in [0.29, 0.717) is 10.8 Å². The molecule has 5 heteroatoms. The quantitative estimate of drug-likeness (QED) is 0.606. The largest absolute Gasteiger partial charge is 0.453 e. The molecule has 0 atom stereocenters. The number of aldehydes is 1. The average molecular weight is 327 g/mol. The molecule has 0 aromatic heterocycles. The van der Waals surface area contributed by atoms with E-state index < -0.39 is 11.6 Å². The zero-order valence-electron chi connectivity index (χ0n) is 9.91. The van der Waals surface area contributed by atoms with Crippen molar-refractivity contribution in [1.29, 1.82) is 0 Å². The lowest BCUT2D eigenvalue weighted by Gasteiger charge is -2.10. The molecule has 0 fully saturated rings. The minimum Gasteiger partial charge on any atom is -0.453 e. The molecular weight excluding hydrogens is 318 g/mol. The molecule has 2 rings (SSSR count). The third-order valence-electron chi connectivity index (χ3n) is 2.47. The van der Waals surface area contributed by atoms with Crippen LogP contribution in [0.4, 0.5) is 8.78 Å². The van der Waals surface area contributed by atoms with Crippen LogP contribution in [0.25, 0.3) is 0 Å². The van der Waals surface area contributed by atoms with E-state index in [-0.39, 0.29) is 17.1 Å². The van der Waals surface area contributed by atoms with Gasteiger partial charge < -0.3 is 4.74 Å². The molecule has 98 valence electrons. The highest BCUT2D eigenvalue weighted by Gasteiger charge is 2.13. The van der Waals surface area contributed by atoms with Gasteiger partial charge in [0.2, 0.25) is 5.82 Å². The van der Waals surface area contributed by atoms with Crippen molar-refractivity contribution in [3.8, 4) is 11.5 Å². The van der Waals surface area contributed by atoms with Crippen LogP contribution in [0.3, 0.4) is 0 Å². The number of halogens is 3. The number of ether oxygens (including phenoxy) is 1. The number of benzene rings is 2. The Balaban J connectivity index is 2.44. The Bertz CT molecular complexity index is 642. The first-order valence-corrected chi connectivity index (χ1v) is 6.19. The standard InChI is InChI=1S/C14H9BrF2O2/c1-8-2-3-12(9(4-8)7-18)19-13-6-10(15)5-11(16)14(13)17/h2-7H,1H3. The molecule has 0 heterocycles. The Morgan fingerprint density at radius 2 is 1.89 bits per heavy atom. The summed E-state index contributed by atoms with van der Waals surface area (Å²) >= 11 is 3.05. The van der Waals surface area contributed by atoms with Gasteiger partial charge in [-0.25, -0.2) is 4.39 Å². The fourth-order valence-corrected chi connectivity index (χ4v) is 1.99. The number of hydrogen-bond donors (Lipinski definition) is 0. The molecule has 0 bridgehead atoms. The van der Waals surface area contributed by atoms with Gasteiger partial charge in [-0.05, 0) is 31.2 Å². The third-order valence-corrected chi connectivity index (χ3v) is 2.93. The van der Waals surface area contributed by atoms with Crippen LogP contribution < -0.4 is 4.74 Å². The maximum absolute atomic E-state index is 13.6. The van der Waals surface area contributed by atoms with E-state index in [2.05, 4.69) is 15.9 Å². The highest BCUT2D eigenvalue weighted by Crippen LogP contribution is 2.31. The van der Waals surface area contributed by atoms with E-state index >= 15 is 0 Å². The minimum absolute atomic E-state index is 0.178. The van der Waals surface area contributed by atoms with Gasteiger partial charge in [0.15, 0.2) is 17.9 Å². The van der Waals surface area contributed by atoms with Crippen molar-refractivity contribution in [1.82, 2.24) is 0 Å². The van der Waals surface area contributed by atoms with Crippen molar-refractivity contribution in [2.24, 2.45) is 0 Å². The summed E-state index contributed by atoms with van der Waals surface area (Å²) in [5, 5.41) is 0. The second kappa shape index (κ2) is 5.48.